The van der Waals surface area contributed by atoms with E-state index in [1.54, 1.807) is 7.11 Å². The number of ether oxygens (including phenoxy) is 1. The SMILES string of the molecule is CC(C)(C)OC(=O)CCCCCCCCCCCCC[N+](C)(C)C.COBr. The molecule has 0 fully saturated rings. The van der Waals surface area contributed by atoms with Crippen LogP contribution in [0.2, 0.25) is 0 Å². The molecule has 164 valence electrons. The van der Waals surface area contributed by atoms with Gasteiger partial charge in [-0.1, -0.05) is 51.4 Å². The molecule has 0 spiro atoms. The molecule has 0 amide bonds. The standard InChI is InChI=1S/C21H44NO2.CH3BrO/c1-21(2,3)24-20(23)18-16-14-12-10-8-7-9-11-13-15-17-19-22(4,5)6;1-3-2/h7-19H2,1-6H3;1H3/q+1;. The Balaban J connectivity index is 0. The van der Waals surface area contributed by atoms with Gasteiger partial charge in [0, 0.05) is 6.42 Å². The zero-order valence-electron chi connectivity index (χ0n) is 19.2. The summed E-state index contributed by atoms with van der Waals surface area (Å²) in [5.41, 5.74) is -0.344. The van der Waals surface area contributed by atoms with Gasteiger partial charge in [0.2, 0.25) is 0 Å². The maximum atomic E-state index is 11.6. The molecule has 0 saturated carbocycles. The van der Waals surface area contributed by atoms with E-state index in [1.807, 2.05) is 20.8 Å². The molecule has 0 atom stereocenters. The molecule has 0 radical (unpaired) electrons. The van der Waals surface area contributed by atoms with Crippen molar-refractivity contribution >= 4 is 22.2 Å². The van der Waals surface area contributed by atoms with E-state index in [2.05, 4.69) is 41.2 Å². The maximum absolute atomic E-state index is 11.6. The van der Waals surface area contributed by atoms with Crippen molar-refractivity contribution in [1.29, 1.82) is 0 Å². The fourth-order valence-corrected chi connectivity index (χ4v) is 2.84. The van der Waals surface area contributed by atoms with Gasteiger partial charge in [-0.2, -0.15) is 0 Å². The van der Waals surface area contributed by atoms with Gasteiger partial charge in [0.15, 0.2) is 0 Å². The topological polar surface area (TPSA) is 35.5 Å². The lowest BCUT2D eigenvalue weighted by atomic mass is 10.0. The Labute approximate surface area is 178 Å². The predicted molar refractivity (Wildman–Crippen MR) is 120 cm³/mol. The second-order valence-electron chi connectivity index (χ2n) is 9.39. The molecule has 0 aliphatic rings. The lowest BCUT2D eigenvalue weighted by molar-refractivity contribution is -0.870. The predicted octanol–water partition coefficient (Wildman–Crippen LogP) is 6.66. The first-order chi connectivity index (χ1) is 12.5. The summed E-state index contributed by atoms with van der Waals surface area (Å²) >= 11 is 2.65. The number of unbranched alkanes of at least 4 members (excludes halogenated alkanes) is 10. The highest BCUT2D eigenvalue weighted by atomic mass is 79.9. The van der Waals surface area contributed by atoms with Gasteiger partial charge in [0.25, 0.3) is 0 Å². The molecule has 0 aliphatic carbocycles. The number of carbonyl (C=O) groups excluding carboxylic acids is 1. The van der Waals surface area contributed by atoms with Gasteiger partial charge < -0.3 is 13.0 Å². The average molecular weight is 454 g/mol. The highest BCUT2D eigenvalue weighted by molar-refractivity contribution is 9.06. The molecule has 27 heavy (non-hydrogen) atoms. The number of hydrogen-bond donors (Lipinski definition) is 0. The fraction of sp³-hybridized carbons (Fsp3) is 0.955. The van der Waals surface area contributed by atoms with Gasteiger partial charge in [-0.25, -0.2) is 0 Å². The van der Waals surface area contributed by atoms with Gasteiger partial charge in [0.05, 0.1) is 51.1 Å². The highest BCUT2D eigenvalue weighted by Gasteiger charge is 2.15. The summed E-state index contributed by atoms with van der Waals surface area (Å²) in [7, 11) is 8.36. The molecule has 0 aromatic rings. The normalized spacial score (nSPS) is 11.7. The van der Waals surface area contributed by atoms with Crippen molar-refractivity contribution in [3.8, 4) is 0 Å². The van der Waals surface area contributed by atoms with Gasteiger partial charge in [-0.05, 0) is 40.0 Å². The number of rotatable bonds is 14. The van der Waals surface area contributed by atoms with Crippen LogP contribution in [0.1, 0.15) is 97.8 Å². The van der Waals surface area contributed by atoms with Crippen LogP contribution in [0.15, 0.2) is 0 Å². The zero-order chi connectivity index (χ0) is 21.2. The van der Waals surface area contributed by atoms with Crippen molar-refractivity contribution in [1.82, 2.24) is 0 Å². The van der Waals surface area contributed by atoms with Crippen LogP contribution in [-0.2, 0) is 13.4 Å². The molecule has 0 rings (SSSR count). The summed E-state index contributed by atoms with van der Waals surface area (Å²) in [4.78, 5) is 11.6. The van der Waals surface area contributed by atoms with E-state index in [0.717, 1.165) is 17.3 Å². The Kier molecular flexibility index (Phi) is 19.3. The van der Waals surface area contributed by atoms with E-state index >= 15 is 0 Å². The molecule has 0 aliphatic heterocycles. The Morgan fingerprint density at radius 1 is 0.778 bits per heavy atom. The molecule has 0 saturated heterocycles. The van der Waals surface area contributed by atoms with Crippen LogP contribution < -0.4 is 0 Å². The second kappa shape index (κ2) is 17.9. The second-order valence-corrected chi connectivity index (χ2v) is 10.0. The van der Waals surface area contributed by atoms with Gasteiger partial charge >= 0.3 is 5.97 Å². The third-order valence-corrected chi connectivity index (χ3v) is 4.13. The van der Waals surface area contributed by atoms with Crippen LogP contribution in [0.5, 0.6) is 0 Å². The van der Waals surface area contributed by atoms with E-state index in [9.17, 15) is 4.79 Å². The summed E-state index contributed by atoms with van der Waals surface area (Å²) in [5.74, 6) is -0.0484. The summed E-state index contributed by atoms with van der Waals surface area (Å²) in [6, 6.07) is 0. The van der Waals surface area contributed by atoms with Crippen LogP contribution in [-0.4, -0.2) is 50.9 Å². The van der Waals surface area contributed by atoms with Gasteiger partial charge in [0.1, 0.15) is 5.60 Å². The Morgan fingerprint density at radius 2 is 1.11 bits per heavy atom. The Bertz CT molecular complexity index is 335. The van der Waals surface area contributed by atoms with Crippen molar-refractivity contribution in [2.75, 3.05) is 34.8 Å². The minimum absolute atomic E-state index is 0.0484. The molecular weight excluding hydrogens is 406 g/mol. The first-order valence-corrected chi connectivity index (χ1v) is 11.3. The number of quaternary nitrogens is 1. The van der Waals surface area contributed by atoms with Crippen LogP contribution in [0.3, 0.4) is 0 Å². The van der Waals surface area contributed by atoms with Crippen molar-refractivity contribution in [3.05, 3.63) is 0 Å². The number of nitrogens with zero attached hydrogens (tertiary/aromatic N) is 1. The van der Waals surface area contributed by atoms with Crippen molar-refractivity contribution in [3.63, 3.8) is 0 Å². The van der Waals surface area contributed by atoms with Crippen molar-refractivity contribution in [2.24, 2.45) is 0 Å². The van der Waals surface area contributed by atoms with Crippen LogP contribution in [0, 0.1) is 0 Å². The zero-order valence-corrected chi connectivity index (χ0v) is 20.8. The smallest absolute Gasteiger partial charge is 0.306 e. The molecular formula is C22H47BrNO3+. The molecule has 0 unspecified atom stereocenters. The molecule has 5 heteroatoms. The average Bonchev–Trinajstić information content (AvgIpc) is 2.50. The minimum Gasteiger partial charge on any atom is -0.460 e. The number of hydrogen-bond acceptors (Lipinski definition) is 3. The fourth-order valence-electron chi connectivity index (χ4n) is 2.84. The Hall–Kier alpha value is -0.130. The molecule has 4 nitrogen and oxygen atoms in total. The first kappa shape index (κ1) is 29.1. The number of esters is 1. The van der Waals surface area contributed by atoms with Crippen molar-refractivity contribution in [2.45, 2.75) is 103 Å². The Morgan fingerprint density at radius 3 is 1.44 bits per heavy atom. The lowest BCUT2D eigenvalue weighted by Gasteiger charge is -2.23. The molecule has 0 N–H and O–H groups in total. The quantitative estimate of drug-likeness (QED) is 0.168. The van der Waals surface area contributed by atoms with E-state index < -0.39 is 0 Å². The summed E-state index contributed by atoms with van der Waals surface area (Å²) in [5, 5.41) is 0. The molecule has 0 heterocycles. The highest BCUT2D eigenvalue weighted by Crippen LogP contribution is 2.14. The number of halogens is 1. The van der Waals surface area contributed by atoms with E-state index in [-0.39, 0.29) is 11.6 Å². The van der Waals surface area contributed by atoms with Gasteiger partial charge in [-0.3, -0.25) is 4.79 Å². The summed E-state index contributed by atoms with van der Waals surface area (Å²) < 4.78 is 10.5. The van der Waals surface area contributed by atoms with Crippen LogP contribution in [0.25, 0.3) is 0 Å². The van der Waals surface area contributed by atoms with Crippen molar-refractivity contribution < 1.29 is 17.8 Å². The largest absolute Gasteiger partial charge is 0.460 e. The monoisotopic (exact) mass is 452 g/mol. The summed E-state index contributed by atoms with van der Waals surface area (Å²) in [6.07, 6.45) is 14.9. The van der Waals surface area contributed by atoms with E-state index in [1.165, 1.54) is 64.3 Å². The van der Waals surface area contributed by atoms with E-state index in [0.29, 0.717) is 6.42 Å². The third-order valence-electron chi connectivity index (χ3n) is 4.13. The first-order valence-electron chi connectivity index (χ1n) is 10.7. The number of carbonyl (C=O) groups is 1. The third kappa shape index (κ3) is 30.8. The van der Waals surface area contributed by atoms with Crippen LogP contribution in [0.4, 0.5) is 0 Å². The van der Waals surface area contributed by atoms with Gasteiger partial charge in [-0.15, -0.1) is 0 Å². The lowest BCUT2D eigenvalue weighted by Crippen LogP contribution is -2.35. The molecule has 0 aromatic carbocycles. The summed E-state index contributed by atoms with van der Waals surface area (Å²) in [6.45, 7) is 7.07. The maximum Gasteiger partial charge on any atom is 0.306 e. The molecule has 0 bridgehead atoms. The van der Waals surface area contributed by atoms with Crippen LogP contribution >= 0.6 is 16.3 Å². The van der Waals surface area contributed by atoms with E-state index in [4.69, 9.17) is 4.74 Å². The molecule has 0 aromatic heterocycles. The minimum atomic E-state index is -0.344.